The van der Waals surface area contributed by atoms with Crippen molar-refractivity contribution in [2.45, 2.75) is 32.6 Å². The molecule has 0 bridgehead atoms. The van der Waals surface area contributed by atoms with Crippen LogP contribution in [0.2, 0.25) is 0 Å². The lowest BCUT2D eigenvalue weighted by Gasteiger charge is -2.06. The molecule has 23 heavy (non-hydrogen) atoms. The van der Waals surface area contributed by atoms with Crippen molar-refractivity contribution in [3.8, 4) is 5.75 Å². The number of aromatic hydroxyl groups is 1. The largest absolute Gasteiger partial charge is 0.507 e. The summed E-state index contributed by atoms with van der Waals surface area (Å²) in [5, 5.41) is 16.8. The van der Waals surface area contributed by atoms with Gasteiger partial charge in [0.25, 0.3) is 0 Å². The topological polar surface area (TPSA) is 74.6 Å². The molecule has 0 aliphatic heterocycles. The summed E-state index contributed by atoms with van der Waals surface area (Å²) in [6, 6.07) is 2.55. The molecule has 5 nitrogen and oxygen atoms in total. The molecule has 120 valence electrons. The Morgan fingerprint density at radius 3 is 3.04 bits per heavy atom. The van der Waals surface area contributed by atoms with E-state index in [2.05, 4.69) is 15.5 Å². The average molecular weight is 333 g/mol. The van der Waals surface area contributed by atoms with Crippen LogP contribution in [0.4, 0.5) is 4.39 Å². The maximum Gasteiger partial charge on any atom is 0.246 e. The highest BCUT2D eigenvalue weighted by molar-refractivity contribution is 7.09. The summed E-state index contributed by atoms with van der Waals surface area (Å²) in [7, 11) is 0. The number of hydrogen-bond donors (Lipinski definition) is 2. The fourth-order valence-corrected chi connectivity index (χ4v) is 3.40. The van der Waals surface area contributed by atoms with E-state index in [0.717, 1.165) is 5.01 Å². The van der Waals surface area contributed by atoms with E-state index in [1.807, 2.05) is 19.2 Å². The first-order valence-corrected chi connectivity index (χ1v) is 8.11. The van der Waals surface area contributed by atoms with E-state index in [0.29, 0.717) is 29.0 Å². The Morgan fingerprint density at radius 1 is 1.57 bits per heavy atom. The molecule has 0 fully saturated rings. The Morgan fingerprint density at radius 2 is 2.35 bits per heavy atom. The predicted molar refractivity (Wildman–Crippen MR) is 86.3 cm³/mol. The number of fused-ring (bicyclic) bond motifs is 1. The Hall–Kier alpha value is -2.28. The van der Waals surface area contributed by atoms with E-state index in [1.54, 1.807) is 0 Å². The van der Waals surface area contributed by atoms with Gasteiger partial charge in [-0.25, -0.2) is 14.8 Å². The number of phenolic OH excluding ortho intramolecular Hbond substituents is 1. The van der Waals surface area contributed by atoms with Crippen LogP contribution in [0, 0.1) is 12.7 Å². The summed E-state index contributed by atoms with van der Waals surface area (Å²) < 4.78 is 13.9. The van der Waals surface area contributed by atoms with E-state index >= 15 is 0 Å². The zero-order valence-corrected chi connectivity index (χ0v) is 13.6. The van der Waals surface area contributed by atoms with Crippen molar-refractivity contribution in [3.05, 3.63) is 45.2 Å². The number of hydrazone groups is 1. The third kappa shape index (κ3) is 3.10. The standard InChI is InChI=1S/C16H16FN3O2S/c1-8-5-12(16-13(21)4-3-11(17)15(8)16)19-20-14(22)6-10-7-23-9(2)18-10/h3-4,7-8,21H,5-6H2,1-2H3,(H,20,22)/b19-12+/t8-/m0/s1. The molecule has 0 saturated heterocycles. The number of nitrogens with zero attached hydrogens (tertiary/aromatic N) is 2. The van der Waals surface area contributed by atoms with E-state index in [9.17, 15) is 14.3 Å². The molecular weight excluding hydrogens is 317 g/mol. The maximum atomic E-state index is 13.9. The number of rotatable bonds is 3. The van der Waals surface area contributed by atoms with Gasteiger partial charge in [-0.2, -0.15) is 5.10 Å². The van der Waals surface area contributed by atoms with Crippen LogP contribution in [0.5, 0.6) is 5.75 Å². The molecule has 3 rings (SSSR count). The average Bonchev–Trinajstić information content (AvgIpc) is 3.05. The van der Waals surface area contributed by atoms with Gasteiger partial charge >= 0.3 is 0 Å². The third-order valence-electron chi connectivity index (χ3n) is 3.78. The molecule has 2 aromatic rings. The monoisotopic (exact) mass is 333 g/mol. The van der Waals surface area contributed by atoms with Gasteiger partial charge in [0.15, 0.2) is 0 Å². The molecule has 0 spiro atoms. The first-order valence-electron chi connectivity index (χ1n) is 7.24. The first kappa shape index (κ1) is 15.6. The van der Waals surface area contributed by atoms with Gasteiger partial charge in [-0.15, -0.1) is 11.3 Å². The molecule has 1 aromatic carbocycles. The highest BCUT2D eigenvalue weighted by atomic mass is 32.1. The molecule has 1 aliphatic rings. The summed E-state index contributed by atoms with van der Waals surface area (Å²) >= 11 is 1.48. The predicted octanol–water partition coefficient (Wildman–Crippen LogP) is 2.87. The Bertz CT molecular complexity index is 801. The minimum Gasteiger partial charge on any atom is -0.507 e. The second-order valence-corrected chi connectivity index (χ2v) is 6.65. The van der Waals surface area contributed by atoms with Crippen molar-refractivity contribution in [1.29, 1.82) is 0 Å². The minimum absolute atomic E-state index is 0.0196. The molecule has 2 N–H and O–H groups in total. The molecule has 1 heterocycles. The lowest BCUT2D eigenvalue weighted by Crippen LogP contribution is -2.21. The summed E-state index contributed by atoms with van der Waals surface area (Å²) in [5.41, 5.74) is 4.50. The molecule has 0 unspecified atom stereocenters. The number of aryl methyl sites for hydroxylation is 1. The maximum absolute atomic E-state index is 13.9. The Labute approximate surface area is 136 Å². The SMILES string of the molecule is Cc1nc(CC(=O)N/N=C2\C[C@H](C)c3c(F)ccc(O)c32)cs1. The number of phenols is 1. The van der Waals surface area contributed by atoms with Crippen LogP contribution in [-0.2, 0) is 11.2 Å². The molecular formula is C16H16FN3O2S. The Kier molecular flexibility index (Phi) is 4.12. The van der Waals surface area contributed by atoms with Gasteiger partial charge in [-0.05, 0) is 31.4 Å². The number of aromatic nitrogens is 1. The van der Waals surface area contributed by atoms with Crippen molar-refractivity contribution in [1.82, 2.24) is 10.4 Å². The first-order chi connectivity index (χ1) is 11.0. The highest BCUT2D eigenvalue weighted by Crippen LogP contribution is 2.39. The number of carbonyl (C=O) groups is 1. The second kappa shape index (κ2) is 6.08. The quantitative estimate of drug-likeness (QED) is 0.848. The van der Waals surface area contributed by atoms with Gasteiger partial charge in [-0.1, -0.05) is 6.92 Å². The number of nitrogens with one attached hydrogen (secondary N) is 1. The normalized spacial score (nSPS) is 18.2. The van der Waals surface area contributed by atoms with Crippen LogP contribution in [0.25, 0.3) is 0 Å². The number of hydrogen-bond acceptors (Lipinski definition) is 5. The minimum atomic E-state index is -0.361. The Balaban J connectivity index is 1.77. The number of amides is 1. The summed E-state index contributed by atoms with van der Waals surface area (Å²) in [4.78, 5) is 16.2. The van der Waals surface area contributed by atoms with E-state index in [-0.39, 0.29) is 29.8 Å². The second-order valence-electron chi connectivity index (χ2n) is 5.59. The van der Waals surface area contributed by atoms with Crippen molar-refractivity contribution < 1.29 is 14.3 Å². The molecule has 1 atom stereocenters. The van der Waals surface area contributed by atoms with Crippen LogP contribution in [-0.4, -0.2) is 21.7 Å². The van der Waals surface area contributed by atoms with Gasteiger partial charge < -0.3 is 5.11 Å². The summed E-state index contributed by atoms with van der Waals surface area (Å²) in [6.45, 7) is 3.74. The van der Waals surface area contributed by atoms with Gasteiger partial charge in [0.2, 0.25) is 5.91 Å². The number of carbonyl (C=O) groups excluding carboxylic acids is 1. The van der Waals surface area contributed by atoms with Crippen LogP contribution >= 0.6 is 11.3 Å². The van der Waals surface area contributed by atoms with Crippen LogP contribution in [0.3, 0.4) is 0 Å². The summed E-state index contributed by atoms with van der Waals surface area (Å²) in [6.07, 6.45) is 0.610. The molecule has 1 amide bonds. The van der Waals surface area contributed by atoms with Crippen molar-refractivity contribution in [3.63, 3.8) is 0 Å². The van der Waals surface area contributed by atoms with Gasteiger partial charge in [0.1, 0.15) is 11.6 Å². The lowest BCUT2D eigenvalue weighted by molar-refractivity contribution is -0.120. The van der Waals surface area contributed by atoms with Crippen molar-refractivity contribution in [2.75, 3.05) is 0 Å². The molecule has 0 saturated carbocycles. The highest BCUT2D eigenvalue weighted by Gasteiger charge is 2.30. The van der Waals surface area contributed by atoms with E-state index in [4.69, 9.17) is 0 Å². The van der Waals surface area contributed by atoms with Crippen molar-refractivity contribution in [2.24, 2.45) is 5.10 Å². The van der Waals surface area contributed by atoms with E-state index < -0.39 is 0 Å². The smallest absolute Gasteiger partial charge is 0.246 e. The fourth-order valence-electron chi connectivity index (χ4n) is 2.79. The van der Waals surface area contributed by atoms with E-state index in [1.165, 1.54) is 23.5 Å². The summed E-state index contributed by atoms with van der Waals surface area (Å²) in [5.74, 6) is -0.762. The van der Waals surface area contributed by atoms with Gasteiger partial charge in [0.05, 0.1) is 22.8 Å². The number of halogens is 1. The zero-order valence-electron chi connectivity index (χ0n) is 12.8. The fraction of sp³-hybridized carbons (Fsp3) is 0.312. The zero-order chi connectivity index (χ0) is 16.6. The molecule has 1 aliphatic carbocycles. The van der Waals surface area contributed by atoms with Crippen LogP contribution < -0.4 is 5.43 Å². The third-order valence-corrected chi connectivity index (χ3v) is 4.60. The molecule has 7 heteroatoms. The molecule has 1 aromatic heterocycles. The van der Waals surface area contributed by atoms with Gasteiger partial charge in [0, 0.05) is 16.5 Å². The van der Waals surface area contributed by atoms with Crippen molar-refractivity contribution >= 4 is 23.0 Å². The number of thiazole rings is 1. The van der Waals surface area contributed by atoms with Crippen LogP contribution in [0.15, 0.2) is 22.6 Å². The van der Waals surface area contributed by atoms with Gasteiger partial charge in [-0.3, -0.25) is 4.79 Å². The number of benzene rings is 1. The molecule has 0 radical (unpaired) electrons. The lowest BCUT2D eigenvalue weighted by atomic mass is 10.0. The van der Waals surface area contributed by atoms with Crippen LogP contribution in [0.1, 0.15) is 41.1 Å².